The lowest BCUT2D eigenvalue weighted by Crippen LogP contribution is -1.92. The quantitative estimate of drug-likeness (QED) is 0.305. The zero-order chi connectivity index (χ0) is 16.3. The first-order chi connectivity index (χ1) is 10.8. The summed E-state index contributed by atoms with van der Waals surface area (Å²) >= 11 is 0. The molecule has 0 aliphatic carbocycles. The van der Waals surface area contributed by atoms with Gasteiger partial charge in [-0.3, -0.25) is 4.79 Å². The van der Waals surface area contributed by atoms with E-state index >= 15 is 0 Å². The van der Waals surface area contributed by atoms with E-state index in [-0.39, 0.29) is 6.42 Å². The minimum Gasteiger partial charge on any atom is -0.481 e. The van der Waals surface area contributed by atoms with Crippen molar-refractivity contribution < 1.29 is 9.90 Å². The van der Waals surface area contributed by atoms with Crippen molar-refractivity contribution in [3.05, 3.63) is 48.6 Å². The van der Waals surface area contributed by atoms with Crippen molar-refractivity contribution in [3.63, 3.8) is 0 Å². The summed E-state index contributed by atoms with van der Waals surface area (Å²) in [5.74, 6) is -0.712. The Hall–Kier alpha value is -1.57. The Kier molecular flexibility index (Phi) is 16.2. The van der Waals surface area contributed by atoms with E-state index in [1.165, 1.54) is 25.7 Å². The zero-order valence-corrected chi connectivity index (χ0v) is 14.0. The van der Waals surface area contributed by atoms with Crippen molar-refractivity contribution >= 4 is 5.97 Å². The van der Waals surface area contributed by atoms with Gasteiger partial charge in [-0.1, -0.05) is 68.4 Å². The van der Waals surface area contributed by atoms with E-state index in [1.807, 2.05) is 0 Å². The normalized spacial score (nSPS) is 12.4. The Morgan fingerprint density at radius 3 is 1.64 bits per heavy atom. The second kappa shape index (κ2) is 17.5. The fourth-order valence-electron chi connectivity index (χ4n) is 1.93. The van der Waals surface area contributed by atoms with Crippen LogP contribution in [0.15, 0.2) is 48.6 Å². The number of allylic oxidation sites excluding steroid dienone is 8. The molecule has 22 heavy (non-hydrogen) atoms. The molecule has 0 saturated carbocycles. The van der Waals surface area contributed by atoms with Crippen LogP contribution in [-0.4, -0.2) is 11.1 Å². The Bertz CT molecular complexity index is 362. The van der Waals surface area contributed by atoms with Gasteiger partial charge in [0.1, 0.15) is 0 Å². The first-order valence-electron chi connectivity index (χ1n) is 8.59. The largest absolute Gasteiger partial charge is 0.481 e. The predicted molar refractivity (Wildman–Crippen MR) is 96.0 cm³/mol. The predicted octanol–water partition coefficient (Wildman–Crippen LogP) is 6.22. The van der Waals surface area contributed by atoms with Gasteiger partial charge in [0, 0.05) is 6.42 Å². The van der Waals surface area contributed by atoms with Gasteiger partial charge >= 0.3 is 5.97 Å². The number of carboxylic acid groups (broad SMARTS) is 1. The molecular weight excluding hydrogens is 272 g/mol. The first-order valence-corrected chi connectivity index (χ1v) is 8.59. The summed E-state index contributed by atoms with van der Waals surface area (Å²) in [4.78, 5) is 10.3. The van der Waals surface area contributed by atoms with E-state index in [9.17, 15) is 4.79 Å². The van der Waals surface area contributed by atoms with Crippen LogP contribution in [0.4, 0.5) is 0 Å². The van der Waals surface area contributed by atoms with Crippen molar-refractivity contribution in [3.8, 4) is 0 Å². The fraction of sp³-hybridized carbons (Fsp3) is 0.550. The molecule has 0 amide bonds. The van der Waals surface area contributed by atoms with Crippen LogP contribution in [0.2, 0.25) is 0 Å². The van der Waals surface area contributed by atoms with E-state index in [0.29, 0.717) is 0 Å². The molecule has 0 fully saturated rings. The molecule has 0 atom stereocenters. The molecule has 0 aromatic rings. The summed E-state index contributed by atoms with van der Waals surface area (Å²) < 4.78 is 0. The molecule has 1 N–H and O–H groups in total. The molecule has 124 valence electrons. The molecule has 0 aliphatic rings. The van der Waals surface area contributed by atoms with E-state index in [1.54, 1.807) is 0 Å². The highest BCUT2D eigenvalue weighted by atomic mass is 16.4. The molecule has 0 saturated heterocycles. The molecule has 2 heteroatoms. The molecule has 2 nitrogen and oxygen atoms in total. The third-order valence-corrected chi connectivity index (χ3v) is 3.22. The smallest absolute Gasteiger partial charge is 0.303 e. The van der Waals surface area contributed by atoms with Gasteiger partial charge < -0.3 is 5.11 Å². The summed E-state index contributed by atoms with van der Waals surface area (Å²) in [5.41, 5.74) is 0. The van der Waals surface area contributed by atoms with Crippen molar-refractivity contribution in [2.45, 2.75) is 71.1 Å². The van der Waals surface area contributed by atoms with Gasteiger partial charge in [0.2, 0.25) is 0 Å². The Balaban J connectivity index is 3.40. The summed E-state index contributed by atoms with van der Waals surface area (Å²) in [6.07, 6.45) is 27.3. The topological polar surface area (TPSA) is 37.3 Å². The highest BCUT2D eigenvalue weighted by Crippen LogP contribution is 2.01. The third kappa shape index (κ3) is 18.4. The highest BCUT2D eigenvalue weighted by Gasteiger charge is 1.92. The zero-order valence-electron chi connectivity index (χ0n) is 14.0. The lowest BCUT2D eigenvalue weighted by Gasteiger charge is -1.90. The summed E-state index contributed by atoms with van der Waals surface area (Å²) in [6.45, 7) is 2.23. The molecular formula is C20H32O2. The van der Waals surface area contributed by atoms with Crippen LogP contribution in [-0.2, 0) is 4.79 Å². The van der Waals surface area contributed by atoms with Crippen molar-refractivity contribution in [1.29, 1.82) is 0 Å². The van der Waals surface area contributed by atoms with Crippen LogP contribution >= 0.6 is 0 Å². The van der Waals surface area contributed by atoms with E-state index < -0.39 is 5.97 Å². The van der Waals surface area contributed by atoms with Crippen molar-refractivity contribution in [1.82, 2.24) is 0 Å². The number of rotatable bonds is 14. The molecule has 0 bridgehead atoms. The average molecular weight is 304 g/mol. The fourth-order valence-corrected chi connectivity index (χ4v) is 1.93. The second-order valence-electron chi connectivity index (χ2n) is 5.37. The van der Waals surface area contributed by atoms with Gasteiger partial charge in [0.25, 0.3) is 0 Å². The van der Waals surface area contributed by atoms with E-state index in [2.05, 4.69) is 55.5 Å². The van der Waals surface area contributed by atoms with Gasteiger partial charge in [-0.15, -0.1) is 0 Å². The lowest BCUT2D eigenvalue weighted by atomic mass is 10.2. The molecule has 0 aromatic heterocycles. The number of carbonyl (C=O) groups is 1. The van der Waals surface area contributed by atoms with Crippen LogP contribution in [0.3, 0.4) is 0 Å². The van der Waals surface area contributed by atoms with Crippen LogP contribution in [0.5, 0.6) is 0 Å². The second-order valence-corrected chi connectivity index (χ2v) is 5.37. The van der Waals surface area contributed by atoms with Crippen molar-refractivity contribution in [2.24, 2.45) is 0 Å². The van der Waals surface area contributed by atoms with Gasteiger partial charge in [-0.2, -0.15) is 0 Å². The number of aliphatic carboxylic acids is 1. The number of carboxylic acids is 1. The molecule has 0 heterocycles. The average Bonchev–Trinajstić information content (AvgIpc) is 2.50. The lowest BCUT2D eigenvalue weighted by molar-refractivity contribution is -0.137. The monoisotopic (exact) mass is 304 g/mol. The Morgan fingerprint density at radius 2 is 1.18 bits per heavy atom. The van der Waals surface area contributed by atoms with Crippen molar-refractivity contribution in [2.75, 3.05) is 0 Å². The van der Waals surface area contributed by atoms with E-state index in [4.69, 9.17) is 5.11 Å². The molecule has 0 spiro atoms. The Morgan fingerprint density at radius 1 is 0.727 bits per heavy atom. The molecule has 0 aromatic carbocycles. The van der Waals surface area contributed by atoms with Gasteiger partial charge in [-0.25, -0.2) is 0 Å². The van der Waals surface area contributed by atoms with Crippen LogP contribution in [0, 0.1) is 0 Å². The minimum absolute atomic E-state index is 0.262. The van der Waals surface area contributed by atoms with Gasteiger partial charge in [0.15, 0.2) is 0 Å². The standard InChI is InChI=1S/C20H32O2/c1-2-3-4-5-6-7-8-9-10-11-12-13-14-15-16-17-18-19-20(21)22/h6-7,9-10,12-13,15-16H,2-5,8,11,14,17-19H2,1H3,(H,21,22)/b7-6+,10-9-,13-12+,16-15+. The maximum atomic E-state index is 10.3. The first kappa shape index (κ1) is 20.4. The van der Waals surface area contributed by atoms with Crippen LogP contribution in [0.25, 0.3) is 0 Å². The number of unbranched alkanes of at least 4 members (excludes halogenated alkanes) is 4. The van der Waals surface area contributed by atoms with E-state index in [0.717, 1.165) is 32.1 Å². The molecule has 0 unspecified atom stereocenters. The Labute approximate surface area is 136 Å². The third-order valence-electron chi connectivity index (χ3n) is 3.22. The summed E-state index contributed by atoms with van der Waals surface area (Å²) in [7, 11) is 0. The molecule has 0 rings (SSSR count). The van der Waals surface area contributed by atoms with Crippen LogP contribution in [0.1, 0.15) is 71.1 Å². The van der Waals surface area contributed by atoms with Gasteiger partial charge in [0.05, 0.1) is 0 Å². The van der Waals surface area contributed by atoms with Gasteiger partial charge in [-0.05, 0) is 44.9 Å². The highest BCUT2D eigenvalue weighted by molar-refractivity contribution is 5.66. The SMILES string of the molecule is CCCCC/C=C/C/C=C\C/C=C/C/C=C/CCCC(=O)O. The number of hydrogen-bond donors (Lipinski definition) is 1. The molecule has 0 aliphatic heterocycles. The minimum atomic E-state index is -0.712. The summed E-state index contributed by atoms with van der Waals surface area (Å²) in [6, 6.07) is 0. The maximum absolute atomic E-state index is 10.3. The molecule has 0 radical (unpaired) electrons. The summed E-state index contributed by atoms with van der Waals surface area (Å²) in [5, 5.41) is 8.49. The number of hydrogen-bond acceptors (Lipinski definition) is 1. The van der Waals surface area contributed by atoms with Crippen LogP contribution < -0.4 is 0 Å². The maximum Gasteiger partial charge on any atom is 0.303 e.